The summed E-state index contributed by atoms with van der Waals surface area (Å²) in [6, 6.07) is 19.3. The first-order valence-corrected chi connectivity index (χ1v) is 12.1. The highest BCUT2D eigenvalue weighted by atomic mass is 32.2. The van der Waals surface area contributed by atoms with Crippen molar-refractivity contribution in [3.05, 3.63) is 60.7 Å². The van der Waals surface area contributed by atoms with Gasteiger partial charge in [0.1, 0.15) is 12.3 Å². The average Bonchev–Trinajstić information content (AvgIpc) is 2.91. The van der Waals surface area contributed by atoms with E-state index in [1.807, 2.05) is 76.8 Å². The Bertz CT molecular complexity index is 1240. The van der Waals surface area contributed by atoms with Crippen molar-refractivity contribution in [2.75, 3.05) is 43.6 Å². The normalized spacial score (nSPS) is 11.3. The fourth-order valence-electron chi connectivity index (χ4n) is 3.86. The zero-order chi connectivity index (χ0) is 26.1. The lowest BCUT2D eigenvalue weighted by Gasteiger charge is -2.31. The van der Waals surface area contributed by atoms with Gasteiger partial charge in [0.15, 0.2) is 0 Å². The van der Waals surface area contributed by atoms with Gasteiger partial charge in [-0.3, -0.25) is 9.59 Å². The van der Waals surface area contributed by atoms with Crippen molar-refractivity contribution in [3.63, 3.8) is 0 Å². The van der Waals surface area contributed by atoms with E-state index < -0.39 is 0 Å². The number of benzene rings is 3. The van der Waals surface area contributed by atoms with Gasteiger partial charge in [-0.2, -0.15) is 0 Å². The number of methoxy groups -OCH3 is 3. The topological polar surface area (TPSA) is 68.3 Å². The molecule has 0 aromatic heterocycles. The Morgan fingerprint density at radius 1 is 0.917 bits per heavy atom. The molecule has 0 spiro atoms. The largest absolute Gasteiger partial charge is 0.497 e. The lowest BCUT2D eigenvalue weighted by Crippen LogP contribution is -2.35. The van der Waals surface area contributed by atoms with E-state index >= 15 is 0 Å². The number of hydrogen-bond donors (Lipinski definition) is 0. The minimum atomic E-state index is -0.357. The maximum Gasteiger partial charge on any atom is 0.326 e. The number of nitrogens with zero attached hydrogens (tertiary/aromatic N) is 2. The van der Waals surface area contributed by atoms with Gasteiger partial charge in [-0.15, -0.1) is 6.42 Å². The summed E-state index contributed by atoms with van der Waals surface area (Å²) in [5.74, 6) is 2.80. The molecule has 0 fully saturated rings. The van der Waals surface area contributed by atoms with Gasteiger partial charge in [0.25, 0.3) is 0 Å². The van der Waals surface area contributed by atoms with Crippen LogP contribution in [0.3, 0.4) is 0 Å². The first-order valence-electron chi connectivity index (χ1n) is 11.4. The van der Waals surface area contributed by atoms with Crippen LogP contribution in [0.4, 0.5) is 11.4 Å². The van der Waals surface area contributed by atoms with Crippen molar-refractivity contribution in [3.8, 4) is 18.1 Å². The van der Waals surface area contributed by atoms with E-state index in [9.17, 15) is 9.59 Å². The first kappa shape index (κ1) is 26.8. The van der Waals surface area contributed by atoms with E-state index in [4.69, 9.17) is 20.6 Å². The van der Waals surface area contributed by atoms with Crippen molar-refractivity contribution < 1.29 is 23.8 Å². The molecule has 188 valence electrons. The fourth-order valence-corrected chi connectivity index (χ4v) is 4.80. The number of esters is 2. The van der Waals surface area contributed by atoms with Gasteiger partial charge in [0.2, 0.25) is 0 Å². The van der Waals surface area contributed by atoms with Gasteiger partial charge in [0.05, 0.1) is 40.0 Å². The van der Waals surface area contributed by atoms with Crippen molar-refractivity contribution >= 4 is 46.0 Å². The van der Waals surface area contributed by atoms with Crippen LogP contribution >= 0.6 is 11.9 Å². The molecule has 8 heteroatoms. The Morgan fingerprint density at radius 2 is 1.53 bits per heavy atom. The maximum atomic E-state index is 12.3. The monoisotopic (exact) mass is 506 g/mol. The first-order chi connectivity index (χ1) is 17.4. The number of fused-ring (bicyclic) bond motifs is 1. The molecule has 1 atom stereocenters. The van der Waals surface area contributed by atoms with Crippen LogP contribution in [0.2, 0.25) is 0 Å². The lowest BCUT2D eigenvalue weighted by atomic mass is 10.0. The second-order valence-electron chi connectivity index (χ2n) is 7.99. The summed E-state index contributed by atoms with van der Waals surface area (Å²) in [6.07, 6.45) is 5.89. The van der Waals surface area contributed by atoms with Gasteiger partial charge >= 0.3 is 11.9 Å². The molecule has 0 heterocycles. The Labute approximate surface area is 216 Å². The third-order valence-corrected chi connectivity index (χ3v) is 6.74. The van der Waals surface area contributed by atoms with Crippen molar-refractivity contribution in [1.29, 1.82) is 0 Å². The minimum absolute atomic E-state index is 0.0450. The number of rotatable bonds is 11. The van der Waals surface area contributed by atoms with Gasteiger partial charge in [-0.25, -0.2) is 0 Å². The predicted molar refractivity (Wildman–Crippen MR) is 144 cm³/mol. The summed E-state index contributed by atoms with van der Waals surface area (Å²) in [5.41, 5.74) is 1.75. The molecule has 0 saturated heterocycles. The quantitative estimate of drug-likeness (QED) is 0.206. The van der Waals surface area contributed by atoms with Crippen molar-refractivity contribution in [2.45, 2.75) is 24.3 Å². The Hall–Kier alpha value is -3.83. The van der Waals surface area contributed by atoms with E-state index in [1.54, 1.807) is 7.11 Å². The molecular weight excluding hydrogens is 476 g/mol. The molecule has 0 amide bonds. The Morgan fingerprint density at radius 3 is 2.11 bits per heavy atom. The molecule has 36 heavy (non-hydrogen) atoms. The number of carbonyl (C=O) groups is 2. The molecule has 0 aliphatic heterocycles. The van der Waals surface area contributed by atoms with Gasteiger partial charge in [0, 0.05) is 27.4 Å². The molecule has 7 nitrogen and oxygen atoms in total. The predicted octanol–water partition coefficient (Wildman–Crippen LogP) is 4.93. The SMILES string of the molecule is C#CCN(c1ccc(N(CC(=O)OC)Sc2ccc(OC)cc2)c2ccccc12)[C@@H](C)CC(=O)OC. The third kappa shape index (κ3) is 6.43. The highest BCUT2D eigenvalue weighted by Gasteiger charge is 2.22. The van der Waals surface area contributed by atoms with E-state index in [0.717, 1.165) is 32.8 Å². The number of anilines is 2. The van der Waals surface area contributed by atoms with Crippen LogP contribution in [0.5, 0.6) is 5.75 Å². The summed E-state index contributed by atoms with van der Waals surface area (Å²) in [6.45, 7) is 2.32. The third-order valence-electron chi connectivity index (χ3n) is 5.72. The summed E-state index contributed by atoms with van der Waals surface area (Å²) < 4.78 is 17.0. The summed E-state index contributed by atoms with van der Waals surface area (Å²) in [4.78, 5) is 27.2. The lowest BCUT2D eigenvalue weighted by molar-refractivity contribution is -0.141. The van der Waals surface area contributed by atoms with Crippen molar-refractivity contribution in [2.24, 2.45) is 0 Å². The molecule has 0 aliphatic carbocycles. The number of carbonyl (C=O) groups excluding carboxylic acids is 2. The van der Waals surface area contributed by atoms with Crippen LogP contribution in [0.1, 0.15) is 13.3 Å². The van der Waals surface area contributed by atoms with Gasteiger partial charge in [-0.05, 0) is 55.3 Å². The standard InChI is InChI=1S/C28H30N2O5S/c1-6-17-29(20(2)18-27(31)34-4)25-15-16-26(24-10-8-7-9-23(24)25)30(19-28(32)35-5)36-22-13-11-21(33-3)12-14-22/h1,7-16,20H,17-19H2,2-5H3/t20-/m0/s1. The van der Waals surface area contributed by atoms with Crippen LogP contribution in [-0.2, 0) is 19.1 Å². The zero-order valence-corrected chi connectivity index (χ0v) is 21.7. The van der Waals surface area contributed by atoms with Crippen molar-refractivity contribution in [1.82, 2.24) is 0 Å². The van der Waals surface area contributed by atoms with Gasteiger partial charge in [-0.1, -0.05) is 30.2 Å². The smallest absolute Gasteiger partial charge is 0.326 e. The van der Waals surface area contributed by atoms with Crippen LogP contribution in [0.15, 0.2) is 65.6 Å². The summed E-state index contributed by atoms with van der Waals surface area (Å²) in [5, 5.41) is 1.89. The fraction of sp³-hybridized carbons (Fsp3) is 0.286. The molecule has 0 saturated carbocycles. The second-order valence-corrected chi connectivity index (χ2v) is 9.09. The number of terminal acetylenes is 1. The highest BCUT2D eigenvalue weighted by Crippen LogP contribution is 2.39. The summed E-state index contributed by atoms with van der Waals surface area (Å²) >= 11 is 1.43. The van der Waals surface area contributed by atoms with Crippen LogP contribution < -0.4 is 13.9 Å². The Kier molecular flexibility index (Phi) is 9.48. The highest BCUT2D eigenvalue weighted by molar-refractivity contribution is 8.00. The molecule has 0 N–H and O–H groups in total. The van der Waals surface area contributed by atoms with E-state index in [1.165, 1.54) is 26.2 Å². The molecule has 0 aliphatic rings. The average molecular weight is 507 g/mol. The second kappa shape index (κ2) is 12.8. The molecule has 3 aromatic rings. The van der Waals surface area contributed by atoms with Crippen LogP contribution in [-0.4, -0.2) is 52.4 Å². The molecule has 0 bridgehead atoms. The molecule has 3 rings (SSSR count). The number of hydrogen-bond acceptors (Lipinski definition) is 8. The minimum Gasteiger partial charge on any atom is -0.497 e. The Balaban J connectivity index is 2.07. The molecule has 0 unspecified atom stereocenters. The molecule has 3 aromatic carbocycles. The van der Waals surface area contributed by atoms with E-state index in [0.29, 0.717) is 6.54 Å². The molecule has 0 radical (unpaired) electrons. The van der Waals surface area contributed by atoms with Gasteiger partial charge < -0.3 is 23.4 Å². The van der Waals surface area contributed by atoms with Crippen LogP contribution in [0.25, 0.3) is 10.8 Å². The van der Waals surface area contributed by atoms with E-state index in [2.05, 4.69) is 5.92 Å². The van der Waals surface area contributed by atoms with E-state index in [-0.39, 0.29) is 30.9 Å². The molecular formula is C28H30N2O5S. The summed E-state index contributed by atoms with van der Waals surface area (Å²) in [7, 11) is 4.37. The zero-order valence-electron chi connectivity index (χ0n) is 20.9. The number of ether oxygens (including phenoxy) is 3. The van der Waals surface area contributed by atoms with Crippen LogP contribution in [0, 0.1) is 12.3 Å². The maximum absolute atomic E-state index is 12.3.